The second-order valence-corrected chi connectivity index (χ2v) is 3.07. The van der Waals surface area contributed by atoms with E-state index in [2.05, 4.69) is 0 Å². The molecule has 0 saturated heterocycles. The lowest BCUT2D eigenvalue weighted by molar-refractivity contribution is -0.147. The van der Waals surface area contributed by atoms with Gasteiger partial charge >= 0.3 is 5.97 Å². The van der Waals surface area contributed by atoms with Gasteiger partial charge in [-0.1, -0.05) is 12.8 Å². The van der Waals surface area contributed by atoms with E-state index in [0.29, 0.717) is 0 Å². The van der Waals surface area contributed by atoms with E-state index >= 15 is 0 Å². The van der Waals surface area contributed by atoms with Gasteiger partial charge in [-0.15, -0.1) is 12.4 Å². The van der Waals surface area contributed by atoms with Crippen molar-refractivity contribution in [3.63, 3.8) is 0 Å². The van der Waals surface area contributed by atoms with Crippen LogP contribution < -0.4 is 0 Å². The molecule has 60 valence electrons. The summed E-state index contributed by atoms with van der Waals surface area (Å²) in [6.07, 6.45) is 3.90. The lowest BCUT2D eigenvalue weighted by atomic mass is 9.89. The maximum absolute atomic E-state index is 10.5. The molecule has 0 radical (unpaired) electrons. The van der Waals surface area contributed by atoms with Crippen LogP contribution in [0.25, 0.3) is 0 Å². The fraction of sp³-hybridized carbons (Fsp3) is 0.857. The van der Waals surface area contributed by atoms with E-state index < -0.39 is 5.97 Å². The van der Waals surface area contributed by atoms with Crippen molar-refractivity contribution < 1.29 is 9.90 Å². The average molecular weight is 165 g/mol. The molecular weight excluding hydrogens is 152 g/mol. The number of carboxylic acids is 1. The predicted octanol–water partition coefficient (Wildman–Crippen LogP) is 2.07. The van der Waals surface area contributed by atoms with Gasteiger partial charge in [-0.05, 0) is 19.8 Å². The second kappa shape index (κ2) is 3.24. The second-order valence-electron chi connectivity index (χ2n) is 3.07. The van der Waals surface area contributed by atoms with Crippen molar-refractivity contribution in [2.75, 3.05) is 0 Å². The standard InChI is InChI=1S/C7H12O2.ClH/c1-7(6(8)9)4-2-3-5-7;/h2-5H2,1H3,(H,8,9);1H. The Morgan fingerprint density at radius 1 is 1.40 bits per heavy atom. The molecule has 10 heavy (non-hydrogen) atoms. The van der Waals surface area contributed by atoms with Crippen molar-refractivity contribution >= 4 is 18.4 Å². The molecule has 1 fully saturated rings. The van der Waals surface area contributed by atoms with E-state index in [1.165, 1.54) is 0 Å². The van der Waals surface area contributed by atoms with Crippen molar-refractivity contribution in [3.8, 4) is 0 Å². The maximum Gasteiger partial charge on any atom is 0.309 e. The van der Waals surface area contributed by atoms with E-state index in [1.54, 1.807) is 0 Å². The van der Waals surface area contributed by atoms with Crippen LogP contribution in [0.1, 0.15) is 32.6 Å². The molecule has 0 aromatic heterocycles. The molecule has 1 aliphatic carbocycles. The molecule has 0 aromatic rings. The van der Waals surface area contributed by atoms with E-state index in [0.717, 1.165) is 25.7 Å². The minimum atomic E-state index is -0.625. The maximum atomic E-state index is 10.5. The topological polar surface area (TPSA) is 37.3 Å². The summed E-state index contributed by atoms with van der Waals surface area (Å²) in [5, 5.41) is 8.67. The van der Waals surface area contributed by atoms with Crippen LogP contribution >= 0.6 is 12.4 Å². The molecule has 0 unspecified atom stereocenters. The molecule has 0 amide bonds. The van der Waals surface area contributed by atoms with Crippen molar-refractivity contribution in [1.29, 1.82) is 0 Å². The third-order valence-electron chi connectivity index (χ3n) is 2.22. The van der Waals surface area contributed by atoms with Gasteiger partial charge in [0.05, 0.1) is 5.41 Å². The van der Waals surface area contributed by atoms with Gasteiger partial charge in [-0.25, -0.2) is 0 Å². The molecule has 1 aliphatic rings. The number of hydrogen-bond donors (Lipinski definition) is 1. The zero-order chi connectivity index (χ0) is 6.91. The molecule has 0 spiro atoms. The molecule has 3 heteroatoms. The molecule has 1 rings (SSSR count). The zero-order valence-electron chi connectivity index (χ0n) is 6.09. The fourth-order valence-electron chi connectivity index (χ4n) is 1.37. The van der Waals surface area contributed by atoms with Crippen LogP contribution in [-0.2, 0) is 4.79 Å². The molecular formula is C7H13ClO2. The molecule has 2 nitrogen and oxygen atoms in total. The van der Waals surface area contributed by atoms with Crippen molar-refractivity contribution in [1.82, 2.24) is 0 Å². The Kier molecular flexibility index (Phi) is 3.16. The zero-order valence-corrected chi connectivity index (χ0v) is 6.91. The molecule has 0 aliphatic heterocycles. The van der Waals surface area contributed by atoms with Gasteiger partial charge in [-0.3, -0.25) is 4.79 Å². The lowest BCUT2D eigenvalue weighted by Crippen LogP contribution is -2.23. The molecule has 0 aromatic carbocycles. The largest absolute Gasteiger partial charge is 0.481 e. The number of rotatable bonds is 1. The van der Waals surface area contributed by atoms with Gasteiger partial charge in [0.1, 0.15) is 0 Å². The van der Waals surface area contributed by atoms with Crippen molar-refractivity contribution in [2.45, 2.75) is 32.6 Å². The van der Waals surface area contributed by atoms with Gasteiger partial charge in [-0.2, -0.15) is 0 Å². The van der Waals surface area contributed by atoms with Gasteiger partial charge in [0.15, 0.2) is 0 Å². The van der Waals surface area contributed by atoms with Crippen molar-refractivity contribution in [2.24, 2.45) is 5.41 Å². The minimum Gasteiger partial charge on any atom is -0.481 e. The predicted molar refractivity (Wildman–Crippen MR) is 41.5 cm³/mol. The monoisotopic (exact) mass is 164 g/mol. The summed E-state index contributed by atoms with van der Waals surface area (Å²) in [6, 6.07) is 0. The quantitative estimate of drug-likeness (QED) is 0.644. The number of aliphatic carboxylic acids is 1. The molecule has 0 bridgehead atoms. The highest BCUT2D eigenvalue weighted by Gasteiger charge is 2.35. The SMILES string of the molecule is CC1(C(=O)O)CCCC1.Cl. The van der Waals surface area contributed by atoms with Crippen LogP contribution in [0.15, 0.2) is 0 Å². The summed E-state index contributed by atoms with van der Waals surface area (Å²) in [5.74, 6) is -0.625. The number of hydrogen-bond acceptors (Lipinski definition) is 1. The number of carboxylic acid groups (broad SMARTS) is 1. The summed E-state index contributed by atoms with van der Waals surface area (Å²) in [6.45, 7) is 1.84. The first kappa shape index (κ1) is 9.76. The summed E-state index contributed by atoms with van der Waals surface area (Å²) < 4.78 is 0. The highest BCUT2D eigenvalue weighted by atomic mass is 35.5. The van der Waals surface area contributed by atoms with Crippen molar-refractivity contribution in [3.05, 3.63) is 0 Å². The van der Waals surface area contributed by atoms with Crippen LogP contribution in [-0.4, -0.2) is 11.1 Å². The Hall–Kier alpha value is -0.240. The third kappa shape index (κ3) is 1.63. The number of carbonyl (C=O) groups is 1. The Morgan fingerprint density at radius 2 is 1.80 bits per heavy atom. The van der Waals surface area contributed by atoms with Gasteiger partial charge < -0.3 is 5.11 Å². The highest BCUT2D eigenvalue weighted by Crippen LogP contribution is 2.37. The number of halogens is 1. The molecule has 1 saturated carbocycles. The normalized spacial score (nSPS) is 21.7. The Bertz CT molecular complexity index is 128. The first-order valence-electron chi connectivity index (χ1n) is 3.38. The molecule has 0 heterocycles. The summed E-state index contributed by atoms with van der Waals surface area (Å²) in [7, 11) is 0. The first-order chi connectivity index (χ1) is 4.15. The van der Waals surface area contributed by atoms with Gasteiger partial charge in [0.2, 0.25) is 0 Å². The summed E-state index contributed by atoms with van der Waals surface area (Å²) in [4.78, 5) is 10.5. The Balaban J connectivity index is 0.000000810. The van der Waals surface area contributed by atoms with E-state index in [1.807, 2.05) is 6.92 Å². The van der Waals surface area contributed by atoms with Gasteiger partial charge in [0, 0.05) is 0 Å². The molecule has 0 atom stereocenters. The average Bonchev–Trinajstić information content (AvgIpc) is 2.16. The lowest BCUT2D eigenvalue weighted by Gasteiger charge is -2.15. The van der Waals surface area contributed by atoms with Crippen LogP contribution in [0.5, 0.6) is 0 Å². The van der Waals surface area contributed by atoms with E-state index in [9.17, 15) is 4.79 Å². The minimum absolute atomic E-state index is 0. The first-order valence-corrected chi connectivity index (χ1v) is 3.38. The third-order valence-corrected chi connectivity index (χ3v) is 2.22. The fourth-order valence-corrected chi connectivity index (χ4v) is 1.37. The van der Waals surface area contributed by atoms with E-state index in [-0.39, 0.29) is 17.8 Å². The van der Waals surface area contributed by atoms with Crippen LogP contribution in [0.4, 0.5) is 0 Å². The van der Waals surface area contributed by atoms with Crippen LogP contribution in [0.3, 0.4) is 0 Å². The smallest absolute Gasteiger partial charge is 0.309 e. The summed E-state index contributed by atoms with van der Waals surface area (Å²) >= 11 is 0. The van der Waals surface area contributed by atoms with Crippen LogP contribution in [0, 0.1) is 5.41 Å². The van der Waals surface area contributed by atoms with E-state index in [4.69, 9.17) is 5.11 Å². The highest BCUT2D eigenvalue weighted by molar-refractivity contribution is 5.85. The summed E-state index contributed by atoms with van der Waals surface area (Å²) in [5.41, 5.74) is -0.389. The van der Waals surface area contributed by atoms with Gasteiger partial charge in [0.25, 0.3) is 0 Å². The Morgan fingerprint density at radius 3 is 2.00 bits per heavy atom. The Labute approximate surface area is 67.0 Å². The van der Waals surface area contributed by atoms with Crippen LogP contribution in [0.2, 0.25) is 0 Å². The molecule has 1 N–H and O–H groups in total.